The minimum Gasteiger partial charge on any atom is -0.467 e. The molecule has 31 heavy (non-hydrogen) atoms. The number of nitrogens with zero attached hydrogens (tertiary/aromatic N) is 2. The van der Waals surface area contributed by atoms with E-state index in [9.17, 15) is 14.0 Å². The molecule has 9 heteroatoms. The van der Waals surface area contributed by atoms with Crippen LogP contribution < -0.4 is 10.6 Å². The van der Waals surface area contributed by atoms with Gasteiger partial charge in [-0.3, -0.25) is 9.59 Å². The van der Waals surface area contributed by atoms with E-state index in [-0.39, 0.29) is 48.7 Å². The summed E-state index contributed by atoms with van der Waals surface area (Å²) >= 11 is 1.20. The third kappa shape index (κ3) is 6.39. The number of para-hydroxylation sites is 1. The number of nitrogens with one attached hydrogen (secondary N) is 2. The fourth-order valence-electron chi connectivity index (χ4n) is 2.80. The molecular weight excluding hydrogens is 419 g/mol. The monoisotopic (exact) mass is 444 g/mol. The number of amides is 2. The van der Waals surface area contributed by atoms with E-state index in [0.29, 0.717) is 10.9 Å². The maximum Gasteiger partial charge on any atom is 0.273 e. The second-order valence-electron chi connectivity index (χ2n) is 7.08. The van der Waals surface area contributed by atoms with E-state index >= 15 is 0 Å². The van der Waals surface area contributed by atoms with Gasteiger partial charge in [0.1, 0.15) is 17.3 Å². The van der Waals surface area contributed by atoms with Crippen LogP contribution in [-0.4, -0.2) is 34.3 Å². The van der Waals surface area contributed by atoms with Gasteiger partial charge in [0.05, 0.1) is 18.5 Å². The van der Waals surface area contributed by atoms with E-state index in [2.05, 4.69) is 15.6 Å². The first-order valence-corrected chi connectivity index (χ1v) is 10.9. The van der Waals surface area contributed by atoms with Gasteiger partial charge in [-0.1, -0.05) is 19.1 Å². The normalized spacial score (nSPS) is 11.7. The molecule has 1 unspecified atom stereocenters. The zero-order chi connectivity index (χ0) is 22.2. The lowest BCUT2D eigenvalue weighted by Gasteiger charge is -2.21. The molecule has 0 saturated heterocycles. The van der Waals surface area contributed by atoms with Crippen LogP contribution in [0.3, 0.4) is 0 Å². The van der Waals surface area contributed by atoms with Crippen molar-refractivity contribution in [1.82, 2.24) is 15.2 Å². The largest absolute Gasteiger partial charge is 0.467 e. The summed E-state index contributed by atoms with van der Waals surface area (Å²) in [4.78, 5) is 31.1. The van der Waals surface area contributed by atoms with Crippen LogP contribution >= 0.6 is 11.3 Å². The molecule has 0 aliphatic heterocycles. The van der Waals surface area contributed by atoms with E-state index in [1.807, 2.05) is 13.8 Å². The van der Waals surface area contributed by atoms with Crippen LogP contribution in [-0.2, 0) is 11.3 Å². The smallest absolute Gasteiger partial charge is 0.273 e. The summed E-state index contributed by atoms with van der Waals surface area (Å²) in [5.74, 6) is -0.245. The summed E-state index contributed by atoms with van der Waals surface area (Å²) in [6.07, 6.45) is 2.53. The second kappa shape index (κ2) is 10.7. The molecule has 2 amide bonds. The number of rotatable bonds is 10. The molecule has 2 aromatic heterocycles. The van der Waals surface area contributed by atoms with Crippen LogP contribution in [0.4, 0.5) is 15.2 Å². The first kappa shape index (κ1) is 22.5. The second-order valence-corrected chi connectivity index (χ2v) is 7.93. The number of aromatic nitrogens is 1. The van der Waals surface area contributed by atoms with Gasteiger partial charge in [-0.2, -0.15) is 0 Å². The lowest BCUT2D eigenvalue weighted by molar-refractivity contribution is -0.121. The molecule has 0 spiro atoms. The molecule has 0 radical (unpaired) electrons. The summed E-state index contributed by atoms with van der Waals surface area (Å²) in [5, 5.41) is 7.80. The Morgan fingerprint density at radius 2 is 2.06 bits per heavy atom. The molecule has 0 bridgehead atoms. The summed E-state index contributed by atoms with van der Waals surface area (Å²) in [7, 11) is 0. The van der Waals surface area contributed by atoms with Crippen LogP contribution in [0.2, 0.25) is 0 Å². The third-order valence-electron chi connectivity index (χ3n) is 4.68. The number of anilines is 2. The van der Waals surface area contributed by atoms with Crippen LogP contribution in [0.1, 0.15) is 42.9 Å². The quantitative estimate of drug-likeness (QED) is 0.478. The van der Waals surface area contributed by atoms with Crippen molar-refractivity contribution in [2.24, 2.45) is 0 Å². The standard InChI is InChI=1S/C22H25FN4O3S/c1-3-15(2)24-20(28)10-11-27(13-16-7-6-12-30-16)21(29)19-14-31-22(26-19)25-18-9-5-4-8-17(18)23/h4-9,12,14-15H,3,10-11,13H2,1-2H3,(H,24,28)(H,25,26). The van der Waals surface area contributed by atoms with Crippen molar-refractivity contribution in [3.05, 3.63) is 65.3 Å². The molecule has 164 valence electrons. The topological polar surface area (TPSA) is 87.5 Å². The Kier molecular flexibility index (Phi) is 7.77. The van der Waals surface area contributed by atoms with Gasteiger partial charge in [0, 0.05) is 24.4 Å². The SMILES string of the molecule is CCC(C)NC(=O)CCN(Cc1ccco1)C(=O)c1csc(Nc2ccccc2F)n1. The molecule has 0 fully saturated rings. The molecule has 0 saturated carbocycles. The molecule has 0 aliphatic carbocycles. The van der Waals surface area contributed by atoms with Crippen LogP contribution in [0.25, 0.3) is 0 Å². The van der Waals surface area contributed by atoms with E-state index < -0.39 is 5.82 Å². The minimum atomic E-state index is -0.405. The number of hydrogen-bond acceptors (Lipinski definition) is 6. The van der Waals surface area contributed by atoms with Gasteiger partial charge in [0.15, 0.2) is 5.13 Å². The number of furan rings is 1. The van der Waals surface area contributed by atoms with Gasteiger partial charge in [0.2, 0.25) is 5.91 Å². The van der Waals surface area contributed by atoms with E-state index in [0.717, 1.165) is 6.42 Å². The summed E-state index contributed by atoms with van der Waals surface area (Å²) in [6.45, 7) is 4.36. The first-order valence-electron chi connectivity index (χ1n) is 10.0. The molecule has 0 aliphatic rings. The average molecular weight is 445 g/mol. The Morgan fingerprint density at radius 1 is 1.26 bits per heavy atom. The van der Waals surface area contributed by atoms with Gasteiger partial charge < -0.3 is 20.0 Å². The maximum atomic E-state index is 13.9. The Hall–Kier alpha value is -3.20. The summed E-state index contributed by atoms with van der Waals surface area (Å²) in [5.41, 5.74) is 0.503. The molecule has 3 rings (SSSR count). The van der Waals surface area contributed by atoms with E-state index in [1.54, 1.807) is 35.7 Å². The number of thiazole rings is 1. The van der Waals surface area contributed by atoms with Crippen molar-refractivity contribution in [2.45, 2.75) is 39.3 Å². The minimum absolute atomic E-state index is 0.0762. The molecule has 3 aromatic rings. The van der Waals surface area contributed by atoms with E-state index in [4.69, 9.17) is 4.42 Å². The third-order valence-corrected chi connectivity index (χ3v) is 5.44. The predicted octanol–water partition coefficient (Wildman–Crippen LogP) is 4.57. The van der Waals surface area contributed by atoms with Gasteiger partial charge >= 0.3 is 0 Å². The number of halogens is 1. The van der Waals surface area contributed by atoms with Crippen molar-refractivity contribution in [3.63, 3.8) is 0 Å². The number of hydrogen-bond donors (Lipinski definition) is 2. The zero-order valence-electron chi connectivity index (χ0n) is 17.4. The van der Waals surface area contributed by atoms with Crippen molar-refractivity contribution in [3.8, 4) is 0 Å². The molecule has 7 nitrogen and oxygen atoms in total. The van der Waals surface area contributed by atoms with Crippen molar-refractivity contribution in [1.29, 1.82) is 0 Å². The Morgan fingerprint density at radius 3 is 2.77 bits per heavy atom. The molecule has 1 atom stereocenters. The lowest BCUT2D eigenvalue weighted by atomic mass is 10.2. The molecule has 1 aromatic carbocycles. The summed E-state index contributed by atoms with van der Waals surface area (Å²) < 4.78 is 19.2. The zero-order valence-corrected chi connectivity index (χ0v) is 18.2. The predicted molar refractivity (Wildman–Crippen MR) is 118 cm³/mol. The lowest BCUT2D eigenvalue weighted by Crippen LogP contribution is -2.37. The molecule has 2 heterocycles. The van der Waals surface area contributed by atoms with Crippen molar-refractivity contribution >= 4 is 34.0 Å². The van der Waals surface area contributed by atoms with Crippen molar-refractivity contribution < 1.29 is 18.4 Å². The van der Waals surface area contributed by atoms with Gasteiger partial charge in [-0.05, 0) is 37.6 Å². The van der Waals surface area contributed by atoms with Crippen LogP contribution in [0.5, 0.6) is 0 Å². The highest BCUT2D eigenvalue weighted by molar-refractivity contribution is 7.14. The maximum absolute atomic E-state index is 13.9. The Balaban J connectivity index is 1.69. The van der Waals surface area contributed by atoms with E-state index in [1.165, 1.54) is 28.6 Å². The van der Waals surface area contributed by atoms with Crippen LogP contribution in [0.15, 0.2) is 52.5 Å². The number of carbonyl (C=O) groups excluding carboxylic acids is 2. The fraction of sp³-hybridized carbons (Fsp3) is 0.318. The van der Waals surface area contributed by atoms with Gasteiger partial charge in [0.25, 0.3) is 5.91 Å². The van der Waals surface area contributed by atoms with Crippen LogP contribution in [0, 0.1) is 5.82 Å². The first-order chi connectivity index (χ1) is 15.0. The Labute approximate surface area is 184 Å². The van der Waals surface area contributed by atoms with Gasteiger partial charge in [-0.25, -0.2) is 9.37 Å². The number of benzene rings is 1. The molecular formula is C22H25FN4O3S. The fourth-order valence-corrected chi connectivity index (χ4v) is 3.49. The highest BCUT2D eigenvalue weighted by Crippen LogP contribution is 2.24. The average Bonchev–Trinajstić information content (AvgIpc) is 3.44. The highest BCUT2D eigenvalue weighted by atomic mass is 32.1. The summed E-state index contributed by atoms with van der Waals surface area (Å²) in [6, 6.07) is 9.84. The van der Waals surface area contributed by atoms with Gasteiger partial charge in [-0.15, -0.1) is 11.3 Å². The van der Waals surface area contributed by atoms with Crippen molar-refractivity contribution in [2.75, 3.05) is 11.9 Å². The Bertz CT molecular complexity index is 1010. The molecule has 2 N–H and O–H groups in total. The highest BCUT2D eigenvalue weighted by Gasteiger charge is 2.21. The number of carbonyl (C=O) groups is 2.